The van der Waals surface area contributed by atoms with E-state index in [0.717, 1.165) is 5.56 Å². The van der Waals surface area contributed by atoms with Gasteiger partial charge in [-0.1, -0.05) is 36.4 Å². The van der Waals surface area contributed by atoms with Crippen LogP contribution in [-0.2, 0) is 20.8 Å². The van der Waals surface area contributed by atoms with Crippen molar-refractivity contribution in [2.45, 2.75) is 38.4 Å². The zero-order valence-corrected chi connectivity index (χ0v) is 11.0. The highest BCUT2D eigenvalue weighted by Crippen LogP contribution is 2.28. The van der Waals surface area contributed by atoms with Crippen LogP contribution in [0.2, 0.25) is 0 Å². The summed E-state index contributed by atoms with van der Waals surface area (Å²) < 4.78 is 17.1. The van der Waals surface area contributed by atoms with Crippen molar-refractivity contribution in [1.82, 2.24) is 0 Å². The summed E-state index contributed by atoms with van der Waals surface area (Å²) in [6.07, 6.45) is 1.59. The molecule has 18 heavy (non-hydrogen) atoms. The first kappa shape index (κ1) is 13.3. The molecule has 0 saturated carbocycles. The summed E-state index contributed by atoms with van der Waals surface area (Å²) in [5, 5.41) is 0. The third-order valence-electron chi connectivity index (χ3n) is 2.85. The highest BCUT2D eigenvalue weighted by atomic mass is 16.8. The summed E-state index contributed by atoms with van der Waals surface area (Å²) >= 11 is 0. The molecule has 98 valence electrons. The third-order valence-corrected chi connectivity index (χ3v) is 2.85. The van der Waals surface area contributed by atoms with Crippen LogP contribution in [0.15, 0.2) is 43.0 Å². The minimum Gasteiger partial charge on any atom is -0.374 e. The van der Waals surface area contributed by atoms with Crippen LogP contribution in [-0.4, -0.2) is 24.6 Å². The highest BCUT2D eigenvalue weighted by Gasteiger charge is 2.39. The van der Waals surface area contributed by atoms with E-state index in [1.807, 2.05) is 44.2 Å². The number of benzene rings is 1. The molecule has 0 aliphatic carbocycles. The Morgan fingerprint density at radius 3 is 2.67 bits per heavy atom. The molecule has 0 radical (unpaired) electrons. The van der Waals surface area contributed by atoms with Gasteiger partial charge in [0.05, 0.1) is 13.2 Å². The Morgan fingerprint density at radius 2 is 2.00 bits per heavy atom. The Bertz CT molecular complexity index is 386. The second-order valence-corrected chi connectivity index (χ2v) is 4.88. The summed E-state index contributed by atoms with van der Waals surface area (Å²) in [7, 11) is 0. The van der Waals surface area contributed by atoms with Crippen molar-refractivity contribution in [3.05, 3.63) is 48.6 Å². The molecular formula is C15H20O3. The minimum absolute atomic E-state index is 0.0822. The molecule has 0 N–H and O–H groups in total. The number of hydrogen-bond acceptors (Lipinski definition) is 3. The summed E-state index contributed by atoms with van der Waals surface area (Å²) in [5.41, 5.74) is 1.16. The number of hydrogen-bond donors (Lipinski definition) is 0. The lowest BCUT2D eigenvalue weighted by molar-refractivity contribution is -0.148. The normalized spacial score (nSPS) is 26.1. The number of ether oxygens (including phenoxy) is 3. The average molecular weight is 248 g/mol. The van der Waals surface area contributed by atoms with Gasteiger partial charge in [0.1, 0.15) is 12.2 Å². The van der Waals surface area contributed by atoms with E-state index in [1.165, 1.54) is 0 Å². The second kappa shape index (κ2) is 5.65. The largest absolute Gasteiger partial charge is 0.374 e. The predicted molar refractivity (Wildman–Crippen MR) is 70.1 cm³/mol. The lowest BCUT2D eigenvalue weighted by atomic mass is 10.2. The van der Waals surface area contributed by atoms with Crippen molar-refractivity contribution in [2.75, 3.05) is 6.61 Å². The smallest absolute Gasteiger partial charge is 0.164 e. The molecule has 3 heteroatoms. The monoisotopic (exact) mass is 248 g/mol. The maximum Gasteiger partial charge on any atom is 0.164 e. The molecule has 1 aromatic carbocycles. The first-order chi connectivity index (χ1) is 8.61. The molecule has 0 bridgehead atoms. The summed E-state index contributed by atoms with van der Waals surface area (Å²) in [4.78, 5) is 0. The Kier molecular flexibility index (Phi) is 4.17. The van der Waals surface area contributed by atoms with E-state index in [-0.39, 0.29) is 12.2 Å². The summed E-state index contributed by atoms with van der Waals surface area (Å²) in [5.74, 6) is -0.556. The zero-order valence-electron chi connectivity index (χ0n) is 11.0. The van der Waals surface area contributed by atoms with Crippen molar-refractivity contribution in [3.8, 4) is 0 Å². The van der Waals surface area contributed by atoms with E-state index in [4.69, 9.17) is 14.2 Å². The van der Waals surface area contributed by atoms with E-state index >= 15 is 0 Å². The molecule has 1 aliphatic rings. The standard InChI is InChI=1S/C15H20O3/c1-4-13-14(18-15(2,3)17-13)11-16-10-12-8-6-5-7-9-12/h4-9,13-14H,1,10-11H2,2-3H3. The molecular weight excluding hydrogens is 228 g/mol. The Labute approximate surface area is 108 Å². The summed E-state index contributed by atoms with van der Waals surface area (Å²) in [6, 6.07) is 10.1. The Balaban J connectivity index is 1.81. The molecule has 2 rings (SSSR count). The van der Waals surface area contributed by atoms with Gasteiger partial charge in [0.25, 0.3) is 0 Å². The minimum atomic E-state index is -0.556. The van der Waals surface area contributed by atoms with Crippen molar-refractivity contribution >= 4 is 0 Å². The topological polar surface area (TPSA) is 27.7 Å². The predicted octanol–water partition coefficient (Wildman–Crippen LogP) is 2.91. The van der Waals surface area contributed by atoms with Gasteiger partial charge in [0.15, 0.2) is 5.79 Å². The van der Waals surface area contributed by atoms with E-state index < -0.39 is 5.79 Å². The van der Waals surface area contributed by atoms with Gasteiger partial charge in [0.2, 0.25) is 0 Å². The maximum absolute atomic E-state index is 5.77. The highest BCUT2D eigenvalue weighted by molar-refractivity contribution is 5.13. The van der Waals surface area contributed by atoms with Crippen LogP contribution in [0.3, 0.4) is 0 Å². The zero-order chi connectivity index (χ0) is 13.0. The lowest BCUT2D eigenvalue weighted by Crippen LogP contribution is -2.26. The SMILES string of the molecule is C=CC1OC(C)(C)OC1COCc1ccccc1. The van der Waals surface area contributed by atoms with Gasteiger partial charge in [-0.3, -0.25) is 0 Å². The van der Waals surface area contributed by atoms with Crippen LogP contribution in [0.1, 0.15) is 19.4 Å². The van der Waals surface area contributed by atoms with Crippen LogP contribution in [0.5, 0.6) is 0 Å². The Hall–Kier alpha value is -1.16. The molecule has 1 heterocycles. The first-order valence-electron chi connectivity index (χ1n) is 6.20. The van der Waals surface area contributed by atoms with Gasteiger partial charge in [0, 0.05) is 0 Å². The molecule has 2 unspecified atom stereocenters. The lowest BCUT2D eigenvalue weighted by Gasteiger charge is -2.16. The van der Waals surface area contributed by atoms with Crippen LogP contribution in [0.25, 0.3) is 0 Å². The molecule has 1 aliphatic heterocycles. The van der Waals surface area contributed by atoms with Crippen LogP contribution >= 0.6 is 0 Å². The van der Waals surface area contributed by atoms with Gasteiger partial charge < -0.3 is 14.2 Å². The van der Waals surface area contributed by atoms with E-state index in [1.54, 1.807) is 6.08 Å². The molecule has 0 aromatic heterocycles. The molecule has 3 nitrogen and oxygen atoms in total. The van der Waals surface area contributed by atoms with E-state index in [2.05, 4.69) is 6.58 Å². The van der Waals surface area contributed by atoms with Crippen molar-refractivity contribution in [2.24, 2.45) is 0 Å². The van der Waals surface area contributed by atoms with Gasteiger partial charge >= 0.3 is 0 Å². The fraction of sp³-hybridized carbons (Fsp3) is 0.467. The van der Waals surface area contributed by atoms with E-state index in [9.17, 15) is 0 Å². The van der Waals surface area contributed by atoms with Crippen molar-refractivity contribution < 1.29 is 14.2 Å². The quantitative estimate of drug-likeness (QED) is 0.750. The van der Waals surface area contributed by atoms with Gasteiger partial charge in [-0.25, -0.2) is 0 Å². The van der Waals surface area contributed by atoms with Crippen LogP contribution in [0, 0.1) is 0 Å². The molecule has 1 fully saturated rings. The molecule has 0 spiro atoms. The fourth-order valence-electron chi connectivity index (χ4n) is 2.06. The number of rotatable bonds is 5. The van der Waals surface area contributed by atoms with Gasteiger partial charge in [-0.15, -0.1) is 6.58 Å². The Morgan fingerprint density at radius 1 is 1.28 bits per heavy atom. The third kappa shape index (κ3) is 3.42. The second-order valence-electron chi connectivity index (χ2n) is 4.88. The van der Waals surface area contributed by atoms with E-state index in [0.29, 0.717) is 13.2 Å². The van der Waals surface area contributed by atoms with Crippen LogP contribution < -0.4 is 0 Å². The average Bonchev–Trinajstić information content (AvgIpc) is 2.65. The summed E-state index contributed by atoms with van der Waals surface area (Å²) in [6.45, 7) is 8.67. The van der Waals surface area contributed by atoms with Gasteiger partial charge in [-0.2, -0.15) is 0 Å². The maximum atomic E-state index is 5.77. The van der Waals surface area contributed by atoms with Crippen LogP contribution in [0.4, 0.5) is 0 Å². The fourth-order valence-corrected chi connectivity index (χ4v) is 2.06. The van der Waals surface area contributed by atoms with Crippen molar-refractivity contribution in [1.29, 1.82) is 0 Å². The molecule has 1 saturated heterocycles. The van der Waals surface area contributed by atoms with Crippen molar-refractivity contribution in [3.63, 3.8) is 0 Å². The molecule has 0 amide bonds. The first-order valence-corrected chi connectivity index (χ1v) is 6.20. The van der Waals surface area contributed by atoms with Gasteiger partial charge in [-0.05, 0) is 19.4 Å². The molecule has 2 atom stereocenters. The molecule has 1 aromatic rings.